The molecule has 10 heteroatoms. The number of benzene rings is 3. The van der Waals surface area contributed by atoms with Crippen LogP contribution in [-0.4, -0.2) is 51.0 Å². The zero-order valence-corrected chi connectivity index (χ0v) is 25.3. The van der Waals surface area contributed by atoms with Crippen molar-refractivity contribution in [3.63, 3.8) is 0 Å². The first-order valence-electron chi connectivity index (χ1n) is 14.1. The largest absolute Gasteiger partial charge is 0.497 e. The summed E-state index contributed by atoms with van der Waals surface area (Å²) in [6.07, 6.45) is 5.11. The average Bonchev–Trinajstić information content (AvgIpc) is 3.44. The van der Waals surface area contributed by atoms with E-state index in [0.29, 0.717) is 47.4 Å². The maximum atomic E-state index is 12.3. The zero-order valence-electron chi connectivity index (χ0n) is 25.3. The third-order valence-electron chi connectivity index (χ3n) is 7.17. The topological polar surface area (TPSA) is 118 Å². The van der Waals surface area contributed by atoms with E-state index in [1.807, 2.05) is 67.8 Å². The number of nitrogens with zero attached hydrogens (tertiary/aromatic N) is 6. The van der Waals surface area contributed by atoms with E-state index in [0.717, 1.165) is 33.7 Å². The number of hydrogen-bond donors (Lipinski definition) is 1. The third kappa shape index (κ3) is 6.68. The Morgan fingerprint density at radius 3 is 2.41 bits per heavy atom. The minimum Gasteiger partial charge on any atom is -0.497 e. The number of nitrogens with one attached hydrogen (secondary N) is 1. The van der Waals surface area contributed by atoms with Gasteiger partial charge in [-0.05, 0) is 97.6 Å². The molecule has 222 valence electrons. The van der Waals surface area contributed by atoms with Gasteiger partial charge in [-0.15, -0.1) is 0 Å². The minimum absolute atomic E-state index is 0.0566. The summed E-state index contributed by atoms with van der Waals surface area (Å²) in [5.74, 6) is 2.02. The molecular weight excluding hydrogens is 554 g/mol. The van der Waals surface area contributed by atoms with Crippen LogP contribution in [0.25, 0.3) is 17.2 Å². The van der Waals surface area contributed by atoms with Crippen LogP contribution < -0.4 is 14.8 Å². The standard InChI is InChI=1S/C34H33N7O3/c1-6-40(4)29(42)16-11-26-17-22(2)31(23(3)18-26)44-33-30-32(36-21-41(30)20-25-9-14-28(43-5)15-10-25)38-34(39-33)37-27-12-7-24(19-35)8-13-27/h7-18,21H,6,20H2,1-5H3,(H,37,38,39)/b16-11+. The predicted octanol–water partition coefficient (Wildman–Crippen LogP) is 6.40. The summed E-state index contributed by atoms with van der Waals surface area (Å²) in [5, 5.41) is 12.4. The van der Waals surface area contributed by atoms with Gasteiger partial charge in [0.2, 0.25) is 11.9 Å². The molecule has 0 bridgehead atoms. The highest BCUT2D eigenvalue weighted by atomic mass is 16.5. The van der Waals surface area contributed by atoms with Crippen molar-refractivity contribution in [2.75, 3.05) is 26.0 Å². The molecule has 1 amide bonds. The molecule has 5 rings (SSSR count). The van der Waals surface area contributed by atoms with Gasteiger partial charge in [0.15, 0.2) is 11.2 Å². The average molecular weight is 588 g/mol. The Bertz CT molecular complexity index is 1850. The summed E-state index contributed by atoms with van der Waals surface area (Å²) in [6.45, 7) is 7.01. The molecule has 0 fully saturated rings. The van der Waals surface area contributed by atoms with Crippen molar-refractivity contribution in [1.29, 1.82) is 5.26 Å². The number of aryl methyl sites for hydroxylation is 2. The summed E-state index contributed by atoms with van der Waals surface area (Å²) >= 11 is 0. The molecule has 0 radical (unpaired) electrons. The number of nitriles is 1. The van der Waals surface area contributed by atoms with Gasteiger partial charge in [-0.2, -0.15) is 15.2 Å². The molecule has 0 unspecified atom stereocenters. The molecule has 2 heterocycles. The molecule has 0 saturated carbocycles. The molecule has 1 N–H and O–H groups in total. The number of amides is 1. The van der Waals surface area contributed by atoms with Gasteiger partial charge in [-0.1, -0.05) is 12.1 Å². The summed E-state index contributed by atoms with van der Waals surface area (Å²) < 4.78 is 13.8. The Labute approximate surface area is 256 Å². The fourth-order valence-corrected chi connectivity index (χ4v) is 4.67. The quantitative estimate of drug-likeness (QED) is 0.187. The number of carbonyl (C=O) groups is 1. The normalized spacial score (nSPS) is 11.0. The maximum absolute atomic E-state index is 12.3. The highest BCUT2D eigenvalue weighted by Gasteiger charge is 2.19. The Kier molecular flexibility index (Phi) is 8.86. The molecule has 0 aliphatic carbocycles. The van der Waals surface area contributed by atoms with Crippen molar-refractivity contribution >= 4 is 34.8 Å². The van der Waals surface area contributed by atoms with Crippen LogP contribution in [0.1, 0.15) is 34.7 Å². The van der Waals surface area contributed by atoms with Gasteiger partial charge in [-0.25, -0.2) is 4.98 Å². The molecule has 0 saturated heterocycles. The summed E-state index contributed by atoms with van der Waals surface area (Å²) in [4.78, 5) is 27.9. The van der Waals surface area contributed by atoms with E-state index in [-0.39, 0.29) is 5.91 Å². The van der Waals surface area contributed by atoms with Gasteiger partial charge in [-0.3, -0.25) is 4.79 Å². The highest BCUT2D eigenvalue weighted by molar-refractivity contribution is 5.91. The molecule has 10 nitrogen and oxygen atoms in total. The first-order valence-corrected chi connectivity index (χ1v) is 14.1. The smallest absolute Gasteiger partial charge is 0.250 e. The summed E-state index contributed by atoms with van der Waals surface area (Å²) in [5.41, 5.74) is 6.09. The number of aromatic nitrogens is 4. The van der Waals surface area contributed by atoms with Crippen molar-refractivity contribution in [1.82, 2.24) is 24.4 Å². The number of likely N-dealkylation sites (N-methyl/N-ethyl adjacent to an activating group) is 1. The van der Waals surface area contributed by atoms with E-state index in [9.17, 15) is 4.79 Å². The van der Waals surface area contributed by atoms with E-state index in [4.69, 9.17) is 19.7 Å². The molecular formula is C34H33N7O3. The predicted molar refractivity (Wildman–Crippen MR) is 170 cm³/mol. The van der Waals surface area contributed by atoms with E-state index in [1.54, 1.807) is 55.7 Å². The number of fused-ring (bicyclic) bond motifs is 1. The van der Waals surface area contributed by atoms with Crippen LogP contribution in [0.4, 0.5) is 11.6 Å². The van der Waals surface area contributed by atoms with Crippen LogP contribution in [0.2, 0.25) is 0 Å². The van der Waals surface area contributed by atoms with E-state index in [2.05, 4.69) is 21.4 Å². The highest BCUT2D eigenvalue weighted by Crippen LogP contribution is 2.34. The van der Waals surface area contributed by atoms with Crippen molar-refractivity contribution in [2.45, 2.75) is 27.3 Å². The van der Waals surface area contributed by atoms with Crippen molar-refractivity contribution in [3.8, 4) is 23.4 Å². The summed E-state index contributed by atoms with van der Waals surface area (Å²) in [6, 6.07) is 20.9. The van der Waals surface area contributed by atoms with Gasteiger partial charge in [0.25, 0.3) is 5.88 Å². The molecule has 0 spiro atoms. The SMILES string of the molecule is CCN(C)C(=O)/C=C/c1cc(C)c(Oc2nc(Nc3ccc(C#N)cc3)nc3ncn(Cc4ccc(OC)cc4)c23)c(C)c1. The van der Waals surface area contributed by atoms with Gasteiger partial charge in [0, 0.05) is 31.9 Å². The molecule has 0 aliphatic rings. The first-order chi connectivity index (χ1) is 21.3. The van der Waals surface area contributed by atoms with Crippen LogP contribution in [0.5, 0.6) is 17.4 Å². The van der Waals surface area contributed by atoms with Crippen LogP contribution >= 0.6 is 0 Å². The second-order valence-electron chi connectivity index (χ2n) is 10.3. The van der Waals surface area contributed by atoms with Crippen LogP contribution in [-0.2, 0) is 11.3 Å². The molecule has 0 aliphatic heterocycles. The van der Waals surface area contributed by atoms with E-state index < -0.39 is 0 Å². The monoisotopic (exact) mass is 587 g/mol. The minimum atomic E-state index is -0.0566. The van der Waals surface area contributed by atoms with Crippen molar-refractivity contribution < 1.29 is 14.3 Å². The van der Waals surface area contributed by atoms with Gasteiger partial charge in [0.1, 0.15) is 11.5 Å². The second kappa shape index (κ2) is 13.1. The summed E-state index contributed by atoms with van der Waals surface area (Å²) in [7, 11) is 3.41. The van der Waals surface area contributed by atoms with Crippen LogP contribution in [0.15, 0.2) is 73.1 Å². The van der Waals surface area contributed by atoms with Crippen molar-refractivity contribution in [2.24, 2.45) is 0 Å². The third-order valence-corrected chi connectivity index (χ3v) is 7.17. The lowest BCUT2D eigenvalue weighted by molar-refractivity contribution is -0.124. The van der Waals surface area contributed by atoms with E-state index in [1.165, 1.54) is 0 Å². The molecule has 2 aromatic heterocycles. The van der Waals surface area contributed by atoms with Gasteiger partial charge in [0.05, 0.1) is 25.1 Å². The van der Waals surface area contributed by atoms with Crippen LogP contribution in [0, 0.1) is 25.2 Å². The second-order valence-corrected chi connectivity index (χ2v) is 10.3. The Balaban J connectivity index is 1.53. The number of imidazole rings is 1. The zero-order chi connectivity index (χ0) is 31.2. The number of carbonyl (C=O) groups excluding carboxylic acids is 1. The lowest BCUT2D eigenvalue weighted by atomic mass is 10.1. The maximum Gasteiger partial charge on any atom is 0.250 e. The lowest BCUT2D eigenvalue weighted by Crippen LogP contribution is -2.23. The van der Waals surface area contributed by atoms with Gasteiger partial charge >= 0.3 is 0 Å². The molecule has 5 aromatic rings. The Morgan fingerprint density at radius 2 is 1.77 bits per heavy atom. The van der Waals surface area contributed by atoms with Gasteiger partial charge < -0.3 is 24.3 Å². The number of anilines is 2. The van der Waals surface area contributed by atoms with E-state index >= 15 is 0 Å². The first kappa shape index (κ1) is 29.8. The number of methoxy groups -OCH3 is 1. The molecule has 44 heavy (non-hydrogen) atoms. The fourth-order valence-electron chi connectivity index (χ4n) is 4.67. The van der Waals surface area contributed by atoms with Crippen molar-refractivity contribution in [3.05, 3.63) is 101 Å². The van der Waals surface area contributed by atoms with Crippen LogP contribution in [0.3, 0.4) is 0 Å². The Hall–Kier alpha value is -5.69. The molecule has 0 atom stereocenters. The number of hydrogen-bond acceptors (Lipinski definition) is 8. The molecule has 3 aromatic carbocycles. The Morgan fingerprint density at radius 1 is 1.07 bits per heavy atom. The lowest BCUT2D eigenvalue weighted by Gasteiger charge is -2.15. The number of ether oxygens (including phenoxy) is 2. The number of rotatable bonds is 10. The fraction of sp³-hybridized carbons (Fsp3) is 0.206.